The first kappa shape index (κ1) is 52.5. The Morgan fingerprint density at radius 1 is 0.345 bits per heavy atom. The normalized spacial score (nSPS) is 14.6. The summed E-state index contributed by atoms with van der Waals surface area (Å²) in [5, 5.41) is 0. The summed E-state index contributed by atoms with van der Waals surface area (Å²) in [7, 11) is 0. The zero-order chi connectivity index (χ0) is 57.4. The highest BCUT2D eigenvalue weighted by Gasteiger charge is 2.65. The molecule has 4 heterocycles. The Morgan fingerprint density at radius 2 is 0.607 bits per heavy atom. The molecule has 16 heteroatoms. The van der Waals surface area contributed by atoms with Gasteiger partial charge >= 0.3 is 23.9 Å². The second kappa shape index (κ2) is 20.7. The molecular weight excluding hydrogens is 1140 g/mol. The minimum Gasteiger partial charge on any atom is -0.459 e. The fourth-order valence-electron chi connectivity index (χ4n) is 11.5. The van der Waals surface area contributed by atoms with Gasteiger partial charge < -0.3 is 18.9 Å². The third-order valence-corrected chi connectivity index (χ3v) is 20.5. The third kappa shape index (κ3) is 8.19. The summed E-state index contributed by atoms with van der Waals surface area (Å²) in [6, 6.07) is 52.2. The largest absolute Gasteiger partial charge is 0.459 e. The highest BCUT2D eigenvalue weighted by atomic mass is 32.1. The van der Waals surface area contributed by atoms with Gasteiger partial charge in [-0.1, -0.05) is 170 Å². The molecule has 0 radical (unpaired) electrons. The molecule has 0 aliphatic heterocycles. The molecule has 0 fully saturated rings. The molecule has 84 heavy (non-hydrogen) atoms. The number of thiophene rings is 4. The first-order valence-corrected chi connectivity index (χ1v) is 29.8. The van der Waals surface area contributed by atoms with Crippen LogP contribution in [0.2, 0.25) is 0 Å². The lowest BCUT2D eigenvalue weighted by Crippen LogP contribution is -2.46. The zero-order valence-corrected chi connectivity index (χ0v) is 47.1. The second-order valence-corrected chi connectivity index (χ2v) is 24.5. The van der Waals surface area contributed by atoms with Crippen molar-refractivity contribution >= 4 is 114 Å². The summed E-state index contributed by atoms with van der Waals surface area (Å²) >= 11 is 4.62. The van der Waals surface area contributed by atoms with Crippen LogP contribution in [0.5, 0.6) is 0 Å². The first-order chi connectivity index (χ1) is 41.0. The van der Waals surface area contributed by atoms with Crippen LogP contribution in [-0.4, -0.2) is 47.0 Å². The van der Waals surface area contributed by atoms with Crippen LogP contribution >= 0.6 is 45.3 Å². The van der Waals surface area contributed by atoms with Crippen LogP contribution < -0.4 is 0 Å². The van der Waals surface area contributed by atoms with Crippen molar-refractivity contribution in [3.05, 3.63) is 270 Å². The van der Waals surface area contributed by atoms with Gasteiger partial charge in [0.15, 0.2) is 23.1 Å². The van der Waals surface area contributed by atoms with Crippen molar-refractivity contribution in [2.24, 2.45) is 0 Å². The molecule has 0 atom stereocenters. The SMILES string of the molecule is O=C1C(=Cc2cc3c(s2)-c2sc4c5c(sc4c2C3(C(=O)OCc2ccccc2)C(=O)OCc2ccccc2)-c2sc(C=C3C(=O)c4ccccc4C3=O)cc2C5(C(=O)OCc2ccccc2)C(=O)OCc2ccccc2)C(=O)c2ccccc21. The Balaban J connectivity index is 1.01. The van der Waals surface area contributed by atoms with Crippen molar-refractivity contribution < 1.29 is 57.3 Å². The average molecular weight is 1180 g/mol. The number of hydrogen-bond donors (Lipinski definition) is 0. The number of carbonyl (C=O) groups excluding carboxylic acids is 8. The second-order valence-electron chi connectivity index (χ2n) is 20.3. The minimum atomic E-state index is -2.39. The lowest BCUT2D eigenvalue weighted by Gasteiger charge is -2.27. The van der Waals surface area contributed by atoms with Crippen molar-refractivity contribution in [1.29, 1.82) is 0 Å². The molecule has 12 nitrogen and oxygen atoms in total. The number of benzene rings is 6. The number of Topliss-reactive ketones (excluding diaryl/α,β-unsaturated/α-hetero) is 4. The number of fused-ring (bicyclic) bond motifs is 11. The van der Waals surface area contributed by atoms with Crippen molar-refractivity contribution in [2.45, 2.75) is 37.3 Å². The molecule has 4 aliphatic carbocycles. The molecule has 4 aromatic heterocycles. The van der Waals surface area contributed by atoms with E-state index in [9.17, 15) is 19.2 Å². The molecule has 10 aromatic rings. The summed E-state index contributed by atoms with van der Waals surface area (Å²) in [6.45, 7) is -0.980. The van der Waals surface area contributed by atoms with E-state index in [0.717, 1.165) is 45.3 Å². The standard InChI is InChI=1S/C68H40O12S4/c69-53-43-25-13-14-26-44(43)54(70)47(53)29-41-31-49-57(81-41)59-51(67(49,63(73)77-33-37-17-5-1-6-18-37)64(74)78-34-38-19-7-2-8-20-38)61-62(83-59)52-60(84-61)58-50(32-42(82-58)30-48-55(71)45-27-15-16-28-46(45)56(48)72)68(52,65(75)79-35-39-21-9-3-10-22-39)66(76)80-36-40-23-11-4-12-24-40/h1-32H,33-36H2. The minimum absolute atomic E-state index is 0.0922. The van der Waals surface area contributed by atoms with E-state index in [1.54, 1.807) is 158 Å². The van der Waals surface area contributed by atoms with Crippen LogP contribution in [0, 0.1) is 0 Å². The highest BCUT2D eigenvalue weighted by molar-refractivity contribution is 7.34. The summed E-state index contributed by atoms with van der Waals surface area (Å²) in [6.07, 6.45) is 2.95. The molecule has 4 aliphatic rings. The number of allylic oxidation sites excluding steroid dienone is 2. The maximum atomic E-state index is 15.9. The highest BCUT2D eigenvalue weighted by Crippen LogP contribution is 2.67. The number of ketones is 4. The quantitative estimate of drug-likeness (QED) is 0.0332. The zero-order valence-electron chi connectivity index (χ0n) is 43.8. The molecule has 0 N–H and O–H groups in total. The molecule has 0 spiro atoms. The van der Waals surface area contributed by atoms with Gasteiger partial charge in [0, 0.05) is 54.3 Å². The molecule has 408 valence electrons. The smallest absolute Gasteiger partial charge is 0.333 e. The van der Waals surface area contributed by atoms with E-state index in [2.05, 4.69) is 0 Å². The van der Waals surface area contributed by atoms with Crippen LogP contribution in [0.3, 0.4) is 0 Å². The molecule has 0 unspecified atom stereocenters. The van der Waals surface area contributed by atoms with Gasteiger partial charge in [-0.05, 0) is 46.5 Å². The molecule has 6 aromatic carbocycles. The van der Waals surface area contributed by atoms with Crippen molar-refractivity contribution in [2.75, 3.05) is 0 Å². The Bertz CT molecular complexity index is 4070. The molecule has 0 amide bonds. The van der Waals surface area contributed by atoms with Gasteiger partial charge in [-0.3, -0.25) is 38.4 Å². The van der Waals surface area contributed by atoms with E-state index >= 15 is 19.2 Å². The topological polar surface area (TPSA) is 173 Å². The lowest BCUT2D eigenvalue weighted by molar-refractivity contribution is -0.166. The van der Waals surface area contributed by atoms with Crippen LogP contribution in [0.4, 0.5) is 0 Å². The van der Waals surface area contributed by atoms with Gasteiger partial charge in [-0.2, -0.15) is 0 Å². The maximum absolute atomic E-state index is 15.9. The average Bonchev–Trinajstić information content (AvgIpc) is 1.54. The Kier molecular flexibility index (Phi) is 12.9. The van der Waals surface area contributed by atoms with Crippen LogP contribution in [0.1, 0.15) is 95.7 Å². The van der Waals surface area contributed by atoms with E-state index in [-0.39, 0.29) is 82.1 Å². The summed E-state index contributed by atoms with van der Waals surface area (Å²) in [4.78, 5) is 122. The summed E-state index contributed by atoms with van der Waals surface area (Å²) in [5.74, 6) is -5.82. The van der Waals surface area contributed by atoms with Crippen molar-refractivity contribution in [3.63, 3.8) is 0 Å². The number of rotatable bonds is 14. The fraction of sp³-hybridized carbons (Fsp3) is 0.0882. The van der Waals surface area contributed by atoms with Crippen LogP contribution in [0.15, 0.2) is 193 Å². The van der Waals surface area contributed by atoms with Gasteiger partial charge in [-0.15, -0.1) is 45.3 Å². The van der Waals surface area contributed by atoms with E-state index < -0.39 is 57.8 Å². The predicted octanol–water partition coefficient (Wildman–Crippen LogP) is 13.5. The fourth-order valence-corrected chi connectivity index (χ4v) is 17.2. The van der Waals surface area contributed by atoms with Gasteiger partial charge in [0.2, 0.25) is 10.8 Å². The van der Waals surface area contributed by atoms with Gasteiger partial charge in [-0.25, -0.2) is 0 Å². The first-order valence-electron chi connectivity index (χ1n) is 26.5. The maximum Gasteiger partial charge on any atom is 0.333 e. The number of esters is 4. The predicted molar refractivity (Wildman–Crippen MR) is 319 cm³/mol. The van der Waals surface area contributed by atoms with Crippen LogP contribution in [0.25, 0.3) is 41.1 Å². The molecular formula is C68H40O12S4. The summed E-state index contributed by atoms with van der Waals surface area (Å²) < 4.78 is 25.9. The van der Waals surface area contributed by atoms with Gasteiger partial charge in [0.25, 0.3) is 0 Å². The number of ether oxygens (including phenoxy) is 4. The van der Waals surface area contributed by atoms with Crippen molar-refractivity contribution in [3.8, 4) is 19.5 Å². The lowest BCUT2D eigenvalue weighted by atomic mass is 9.77. The molecule has 0 saturated heterocycles. The molecule has 0 bridgehead atoms. The van der Waals surface area contributed by atoms with E-state index in [4.69, 9.17) is 18.9 Å². The Labute approximate surface area is 494 Å². The van der Waals surface area contributed by atoms with E-state index in [0.29, 0.717) is 60.9 Å². The van der Waals surface area contributed by atoms with Crippen molar-refractivity contribution in [1.82, 2.24) is 0 Å². The van der Waals surface area contributed by atoms with E-state index in [1.165, 1.54) is 12.2 Å². The van der Waals surface area contributed by atoms with Gasteiger partial charge in [0.05, 0.1) is 40.1 Å². The van der Waals surface area contributed by atoms with Crippen LogP contribution in [-0.2, 0) is 75.4 Å². The Morgan fingerprint density at radius 3 is 0.881 bits per heavy atom. The molecule has 14 rings (SSSR count). The monoisotopic (exact) mass is 1180 g/mol. The number of carbonyl (C=O) groups is 8. The van der Waals surface area contributed by atoms with Gasteiger partial charge in [0.1, 0.15) is 26.4 Å². The molecule has 0 saturated carbocycles. The summed E-state index contributed by atoms with van der Waals surface area (Å²) in [5.41, 5.74) is -0.638. The Hall–Kier alpha value is -9.58. The number of hydrogen-bond acceptors (Lipinski definition) is 16. The third-order valence-electron chi connectivity index (χ3n) is 15.5. The van der Waals surface area contributed by atoms with E-state index in [1.807, 2.05) is 24.3 Å².